The summed E-state index contributed by atoms with van der Waals surface area (Å²) in [5.41, 5.74) is 1.29. The summed E-state index contributed by atoms with van der Waals surface area (Å²) in [6.45, 7) is 0.246. The lowest BCUT2D eigenvalue weighted by Gasteiger charge is -2.09. The molecular weight excluding hydrogens is 305 g/mol. The molecule has 1 aromatic heterocycles. The Morgan fingerprint density at radius 1 is 1.19 bits per heavy atom. The molecule has 1 N–H and O–H groups in total. The van der Waals surface area contributed by atoms with E-state index in [9.17, 15) is 13.2 Å². The normalized spacial score (nSPS) is 11.0. The Bertz CT molecular complexity index is 677. The third kappa shape index (κ3) is 4.07. The Morgan fingerprint density at radius 2 is 1.86 bits per heavy atom. The van der Waals surface area contributed by atoms with Crippen LogP contribution in [-0.2, 0) is 12.7 Å². The molecule has 0 spiro atoms. The molecule has 0 atom stereocenters. The highest BCUT2D eigenvalue weighted by molar-refractivity contribution is 6.29. The summed E-state index contributed by atoms with van der Waals surface area (Å²) in [6, 6.07) is 9.80. The molecule has 0 saturated carbocycles. The molecule has 21 heavy (non-hydrogen) atoms. The second-order valence-electron chi connectivity index (χ2n) is 4.06. The summed E-state index contributed by atoms with van der Waals surface area (Å²) in [6.07, 6.45) is -4.66. The second kappa shape index (κ2) is 5.97. The van der Waals surface area contributed by atoms with Crippen molar-refractivity contribution in [1.29, 1.82) is 5.26 Å². The van der Waals surface area contributed by atoms with Gasteiger partial charge < -0.3 is 5.32 Å². The highest BCUT2D eigenvalue weighted by Gasteiger charge is 2.35. The molecule has 0 fully saturated rings. The Labute approximate surface area is 123 Å². The van der Waals surface area contributed by atoms with Crippen LogP contribution in [0, 0.1) is 11.3 Å². The summed E-state index contributed by atoms with van der Waals surface area (Å²) in [5, 5.41) is 11.1. The van der Waals surface area contributed by atoms with Gasteiger partial charge in [0, 0.05) is 12.6 Å². The van der Waals surface area contributed by atoms with E-state index in [-0.39, 0.29) is 17.5 Å². The van der Waals surface area contributed by atoms with E-state index in [1.54, 1.807) is 24.3 Å². The third-order valence-electron chi connectivity index (χ3n) is 2.51. The lowest BCUT2D eigenvalue weighted by molar-refractivity contribution is -0.144. The van der Waals surface area contributed by atoms with Crippen LogP contribution in [0.4, 0.5) is 19.0 Å². The molecule has 4 nitrogen and oxygen atoms in total. The van der Waals surface area contributed by atoms with Crippen molar-refractivity contribution in [1.82, 2.24) is 9.97 Å². The number of halogens is 4. The molecule has 0 unspecified atom stereocenters. The third-order valence-corrected chi connectivity index (χ3v) is 2.70. The van der Waals surface area contributed by atoms with E-state index >= 15 is 0 Å². The minimum Gasteiger partial charge on any atom is -0.366 e. The fourth-order valence-corrected chi connectivity index (χ4v) is 1.71. The number of hydrogen-bond donors (Lipinski definition) is 1. The number of aromatic nitrogens is 2. The van der Waals surface area contributed by atoms with Gasteiger partial charge in [-0.25, -0.2) is 9.97 Å². The average Bonchev–Trinajstić information content (AvgIpc) is 2.44. The molecule has 0 amide bonds. The Morgan fingerprint density at radius 3 is 2.43 bits per heavy atom. The zero-order chi connectivity index (χ0) is 15.5. The van der Waals surface area contributed by atoms with Crippen LogP contribution in [0.2, 0.25) is 5.15 Å². The quantitative estimate of drug-likeness (QED) is 0.879. The molecule has 1 aromatic carbocycles. The fraction of sp³-hybridized carbons (Fsp3) is 0.154. The van der Waals surface area contributed by atoms with E-state index in [0.717, 1.165) is 5.56 Å². The topological polar surface area (TPSA) is 61.6 Å². The number of anilines is 1. The number of nitrogens with one attached hydrogen (secondary N) is 1. The predicted molar refractivity (Wildman–Crippen MR) is 70.5 cm³/mol. The molecule has 0 bridgehead atoms. The van der Waals surface area contributed by atoms with E-state index in [0.29, 0.717) is 5.56 Å². The number of rotatable bonds is 3. The monoisotopic (exact) mass is 312 g/mol. The van der Waals surface area contributed by atoms with Gasteiger partial charge in [0.15, 0.2) is 0 Å². The van der Waals surface area contributed by atoms with Crippen molar-refractivity contribution in [2.45, 2.75) is 12.7 Å². The van der Waals surface area contributed by atoms with E-state index in [1.165, 1.54) is 6.07 Å². The van der Waals surface area contributed by atoms with Crippen LogP contribution in [0.25, 0.3) is 0 Å². The fourth-order valence-electron chi connectivity index (χ4n) is 1.52. The smallest absolute Gasteiger partial charge is 0.366 e. The van der Waals surface area contributed by atoms with E-state index < -0.39 is 12.0 Å². The number of alkyl halides is 3. The zero-order valence-electron chi connectivity index (χ0n) is 10.4. The summed E-state index contributed by atoms with van der Waals surface area (Å²) >= 11 is 5.55. The van der Waals surface area contributed by atoms with Crippen LogP contribution in [0.15, 0.2) is 30.3 Å². The van der Waals surface area contributed by atoms with Crippen LogP contribution in [0.3, 0.4) is 0 Å². The average molecular weight is 313 g/mol. The van der Waals surface area contributed by atoms with E-state index in [1.807, 2.05) is 6.07 Å². The molecule has 0 aliphatic rings. The highest BCUT2D eigenvalue weighted by atomic mass is 35.5. The van der Waals surface area contributed by atoms with E-state index in [4.69, 9.17) is 16.9 Å². The molecule has 108 valence electrons. The number of hydrogen-bond acceptors (Lipinski definition) is 4. The minimum absolute atomic E-state index is 0.0216. The SMILES string of the molecule is N#Cc1ccc(CNc2cc(Cl)nc(C(F)(F)F)n2)cc1. The largest absolute Gasteiger partial charge is 0.451 e. The van der Waals surface area contributed by atoms with E-state index in [2.05, 4.69) is 15.3 Å². The first-order valence-corrected chi connectivity index (χ1v) is 6.11. The molecule has 2 rings (SSSR count). The van der Waals surface area contributed by atoms with Crippen molar-refractivity contribution in [3.8, 4) is 6.07 Å². The Hall–Kier alpha value is -2.33. The summed E-state index contributed by atoms with van der Waals surface area (Å²) in [7, 11) is 0. The maximum absolute atomic E-state index is 12.6. The molecule has 2 aromatic rings. The van der Waals surface area contributed by atoms with Gasteiger partial charge >= 0.3 is 6.18 Å². The van der Waals surface area contributed by atoms with Crippen LogP contribution in [0.5, 0.6) is 0 Å². The first kappa shape index (κ1) is 15.1. The predicted octanol–water partition coefficient (Wildman–Crippen LogP) is 3.63. The molecule has 0 radical (unpaired) electrons. The van der Waals surface area contributed by atoms with Crippen molar-refractivity contribution < 1.29 is 13.2 Å². The van der Waals surface area contributed by atoms with Gasteiger partial charge in [0.05, 0.1) is 11.6 Å². The number of benzene rings is 1. The first-order chi connectivity index (χ1) is 9.88. The van der Waals surface area contributed by atoms with Crippen molar-refractivity contribution >= 4 is 17.4 Å². The maximum atomic E-state index is 12.6. The van der Waals surface area contributed by atoms with Crippen LogP contribution in [0.1, 0.15) is 17.0 Å². The Balaban J connectivity index is 2.12. The summed E-state index contributed by atoms with van der Waals surface area (Å²) in [4.78, 5) is 6.51. The minimum atomic E-state index is -4.66. The van der Waals surface area contributed by atoms with Gasteiger partial charge in [0.2, 0.25) is 5.82 Å². The van der Waals surface area contributed by atoms with Crippen molar-refractivity contribution in [2.75, 3.05) is 5.32 Å². The molecule has 0 saturated heterocycles. The molecule has 1 heterocycles. The standard InChI is InChI=1S/C13H8ClF3N4/c14-10-5-11(21-12(20-10)13(15,16)17)19-7-9-3-1-8(6-18)2-4-9/h1-5H,7H2,(H,19,20,21). The van der Waals surface area contributed by atoms with Gasteiger partial charge in [-0.1, -0.05) is 23.7 Å². The van der Waals surface area contributed by atoms with Gasteiger partial charge in [0.25, 0.3) is 0 Å². The van der Waals surface area contributed by atoms with Gasteiger partial charge in [-0.3, -0.25) is 0 Å². The highest BCUT2D eigenvalue weighted by Crippen LogP contribution is 2.28. The summed E-state index contributed by atoms with van der Waals surface area (Å²) < 4.78 is 37.7. The van der Waals surface area contributed by atoms with Crippen LogP contribution in [-0.4, -0.2) is 9.97 Å². The zero-order valence-corrected chi connectivity index (χ0v) is 11.2. The van der Waals surface area contributed by atoms with Crippen LogP contribution >= 0.6 is 11.6 Å². The van der Waals surface area contributed by atoms with Gasteiger partial charge in [-0.2, -0.15) is 18.4 Å². The number of nitrogens with zero attached hydrogens (tertiary/aromatic N) is 3. The molecular formula is C13H8ClF3N4. The van der Waals surface area contributed by atoms with Gasteiger partial charge in [-0.15, -0.1) is 0 Å². The lowest BCUT2D eigenvalue weighted by Crippen LogP contribution is -2.13. The van der Waals surface area contributed by atoms with Crippen LogP contribution < -0.4 is 5.32 Å². The second-order valence-corrected chi connectivity index (χ2v) is 4.45. The van der Waals surface area contributed by atoms with Gasteiger partial charge in [-0.05, 0) is 17.7 Å². The van der Waals surface area contributed by atoms with Crippen molar-refractivity contribution in [2.24, 2.45) is 0 Å². The summed E-state index contributed by atoms with van der Waals surface area (Å²) in [5.74, 6) is -1.32. The van der Waals surface area contributed by atoms with Crippen molar-refractivity contribution in [3.63, 3.8) is 0 Å². The number of nitriles is 1. The van der Waals surface area contributed by atoms with Gasteiger partial charge in [0.1, 0.15) is 11.0 Å². The Kier molecular flexibility index (Phi) is 4.29. The molecule has 0 aliphatic heterocycles. The van der Waals surface area contributed by atoms with Crippen molar-refractivity contribution in [3.05, 3.63) is 52.4 Å². The lowest BCUT2D eigenvalue weighted by atomic mass is 10.1. The molecule has 0 aliphatic carbocycles. The maximum Gasteiger partial charge on any atom is 0.451 e. The molecule has 8 heteroatoms. The first-order valence-electron chi connectivity index (χ1n) is 5.73.